The quantitative estimate of drug-likeness (QED) is 0.129. The van der Waals surface area contributed by atoms with Crippen molar-refractivity contribution in [2.75, 3.05) is 18.5 Å². The summed E-state index contributed by atoms with van der Waals surface area (Å²) in [7, 11) is 0. The van der Waals surface area contributed by atoms with E-state index in [4.69, 9.17) is 9.47 Å². The molecule has 3 fully saturated rings. The first kappa shape index (κ1) is 34.1. The van der Waals surface area contributed by atoms with Gasteiger partial charge >= 0.3 is 11.9 Å². The number of anilines is 1. The summed E-state index contributed by atoms with van der Waals surface area (Å²) in [4.78, 5) is 45.2. The van der Waals surface area contributed by atoms with Crippen molar-refractivity contribution in [3.8, 4) is 5.75 Å². The molecule has 3 aliphatic heterocycles. The van der Waals surface area contributed by atoms with Crippen LogP contribution in [0.5, 0.6) is 5.75 Å². The van der Waals surface area contributed by atoms with Crippen LogP contribution in [-0.2, 0) is 30.1 Å². The van der Waals surface area contributed by atoms with Gasteiger partial charge in [0.25, 0.3) is 0 Å². The Morgan fingerprint density at radius 1 is 0.827 bits per heavy atom. The molecule has 10 heteroatoms. The first-order chi connectivity index (χ1) is 25.3. The van der Waals surface area contributed by atoms with Crippen LogP contribution in [0.25, 0.3) is 0 Å². The summed E-state index contributed by atoms with van der Waals surface area (Å²) >= 11 is 0. The van der Waals surface area contributed by atoms with Crippen LogP contribution in [0.1, 0.15) is 84.5 Å². The van der Waals surface area contributed by atoms with E-state index in [9.17, 15) is 29.7 Å². The molecule has 3 heterocycles. The highest BCUT2D eigenvalue weighted by molar-refractivity contribution is 6.11. The number of hydrogen-bond acceptors (Lipinski definition) is 8. The zero-order valence-corrected chi connectivity index (χ0v) is 28.7. The first-order valence-corrected chi connectivity index (χ1v) is 18.1. The monoisotopic (exact) mass is 702 g/mol. The van der Waals surface area contributed by atoms with E-state index in [1.807, 2.05) is 77.7 Å². The Morgan fingerprint density at radius 3 is 2.12 bits per heavy atom. The summed E-state index contributed by atoms with van der Waals surface area (Å²) in [6.45, 7) is -0.0826. The molecule has 1 amide bonds. The Kier molecular flexibility index (Phi) is 8.85. The van der Waals surface area contributed by atoms with Crippen molar-refractivity contribution in [2.45, 2.75) is 73.8 Å². The van der Waals surface area contributed by atoms with Gasteiger partial charge in [0.2, 0.25) is 5.91 Å². The number of carbonyl (C=O) groups excluding carboxylic acids is 2. The van der Waals surface area contributed by atoms with Gasteiger partial charge in [0.05, 0.1) is 24.3 Å². The van der Waals surface area contributed by atoms with Crippen LogP contribution in [0.4, 0.5) is 5.69 Å². The number of carbonyl (C=O) groups is 3. The van der Waals surface area contributed by atoms with Gasteiger partial charge in [-0.25, -0.2) is 0 Å². The molecule has 4 aliphatic rings. The molecule has 2 saturated heterocycles. The van der Waals surface area contributed by atoms with E-state index in [-0.39, 0.29) is 13.2 Å². The summed E-state index contributed by atoms with van der Waals surface area (Å²) in [5, 5.41) is 35.7. The normalized spacial score (nSPS) is 28.0. The van der Waals surface area contributed by atoms with Gasteiger partial charge < -0.3 is 30.1 Å². The molecule has 0 bridgehead atoms. The average molecular weight is 703 g/mol. The highest BCUT2D eigenvalue weighted by Crippen LogP contribution is 2.65. The lowest BCUT2D eigenvalue weighted by Crippen LogP contribution is -2.52. The van der Waals surface area contributed by atoms with Crippen LogP contribution in [0.15, 0.2) is 103 Å². The van der Waals surface area contributed by atoms with Crippen molar-refractivity contribution >= 4 is 23.5 Å². The van der Waals surface area contributed by atoms with Crippen molar-refractivity contribution in [1.82, 2.24) is 4.90 Å². The molecule has 1 saturated carbocycles. The van der Waals surface area contributed by atoms with Gasteiger partial charge in [-0.3, -0.25) is 19.3 Å². The van der Waals surface area contributed by atoms with Crippen molar-refractivity contribution in [2.24, 2.45) is 5.92 Å². The number of ether oxygens (including phenoxy) is 2. The van der Waals surface area contributed by atoms with Crippen LogP contribution in [0.3, 0.4) is 0 Å². The minimum atomic E-state index is -1.81. The van der Waals surface area contributed by atoms with Gasteiger partial charge in [0.15, 0.2) is 0 Å². The number of morpholine rings is 1. The molecular formula is C42H42N2O8. The Morgan fingerprint density at radius 2 is 1.48 bits per heavy atom. The second kappa shape index (κ2) is 13.5. The van der Waals surface area contributed by atoms with Crippen LogP contribution in [0, 0.1) is 5.92 Å². The molecule has 52 heavy (non-hydrogen) atoms. The standard InChI is InChI=1S/C42H42N2O8/c45-23-24-51-30-18-15-28(16-19-30)37-42(31-25-29(17-20-32(31)43-40(42)49)41(50)21-9-1-2-10-22-41)33(38(46)47)35-39(48)52-36(27-13-7-4-8-14-27)34(44(35)37)26-11-5-3-6-12-26/h3-8,11-20,25,33-37,45,50H,1-2,9-10,21-24H2,(H,43,49)(H,46,47)/t33-,34-,35-,36+,37+,42-/m1/s1. The zero-order chi connectivity index (χ0) is 36.0. The Labute approximate surface area is 302 Å². The number of fused-ring (bicyclic) bond motifs is 3. The van der Waals surface area contributed by atoms with Gasteiger partial charge in [0.1, 0.15) is 35.8 Å². The van der Waals surface area contributed by atoms with E-state index < -0.39 is 59.0 Å². The maximum absolute atomic E-state index is 15.0. The fourth-order valence-electron chi connectivity index (χ4n) is 9.37. The van der Waals surface area contributed by atoms with Gasteiger partial charge in [-0.2, -0.15) is 0 Å². The number of rotatable bonds is 8. The largest absolute Gasteiger partial charge is 0.491 e. The zero-order valence-electron chi connectivity index (χ0n) is 28.7. The molecule has 0 aromatic heterocycles. The number of cyclic esters (lactones) is 1. The molecule has 0 radical (unpaired) electrons. The minimum absolute atomic E-state index is 0.0874. The lowest BCUT2D eigenvalue weighted by Gasteiger charge is -2.46. The molecular weight excluding hydrogens is 660 g/mol. The van der Waals surface area contributed by atoms with Crippen LogP contribution >= 0.6 is 0 Å². The minimum Gasteiger partial charge on any atom is -0.491 e. The summed E-state index contributed by atoms with van der Waals surface area (Å²) in [6, 6.07) is 28.4. The van der Waals surface area contributed by atoms with E-state index in [1.165, 1.54) is 0 Å². The number of benzene rings is 4. The molecule has 10 nitrogen and oxygen atoms in total. The number of aliphatic hydroxyl groups excluding tert-OH is 1. The van der Waals surface area contributed by atoms with E-state index in [2.05, 4.69) is 5.32 Å². The number of esters is 1. The number of hydrogen-bond donors (Lipinski definition) is 4. The maximum Gasteiger partial charge on any atom is 0.325 e. The number of carboxylic acid groups (broad SMARTS) is 1. The third kappa shape index (κ3) is 5.39. The summed E-state index contributed by atoms with van der Waals surface area (Å²) < 4.78 is 12.0. The SMILES string of the molecule is O=C1O[C@@H](c2ccccc2)[C@@H](c2ccccc2)N2[C@@H](c3ccc(OCCO)cc3)[C@]3(C(=O)Nc4ccc(C5(O)CCCCCC5)cc43)[C@@H](C(=O)O)[C@H]12. The predicted octanol–water partition coefficient (Wildman–Crippen LogP) is 5.96. The number of amides is 1. The van der Waals surface area contributed by atoms with Crippen molar-refractivity contribution < 1.29 is 39.2 Å². The second-order valence-corrected chi connectivity index (χ2v) is 14.4. The predicted molar refractivity (Wildman–Crippen MR) is 191 cm³/mol. The van der Waals surface area contributed by atoms with Crippen molar-refractivity contribution in [3.05, 3.63) is 131 Å². The summed E-state index contributed by atoms with van der Waals surface area (Å²) in [5.74, 6) is -3.62. The third-order valence-electron chi connectivity index (χ3n) is 11.6. The smallest absolute Gasteiger partial charge is 0.325 e. The fraction of sp³-hybridized carbons (Fsp3) is 0.357. The third-order valence-corrected chi connectivity index (χ3v) is 11.6. The number of nitrogens with zero attached hydrogens (tertiary/aromatic N) is 1. The van der Waals surface area contributed by atoms with Gasteiger partial charge in [-0.05, 0) is 64.9 Å². The van der Waals surface area contributed by atoms with Crippen LogP contribution in [-0.4, -0.2) is 57.3 Å². The highest BCUT2D eigenvalue weighted by atomic mass is 16.6. The highest BCUT2D eigenvalue weighted by Gasteiger charge is 2.74. The molecule has 268 valence electrons. The Balaban J connectivity index is 1.40. The van der Waals surface area contributed by atoms with E-state index in [1.54, 1.807) is 30.3 Å². The molecule has 4 N–H and O–H groups in total. The molecule has 8 rings (SSSR count). The second-order valence-electron chi connectivity index (χ2n) is 14.4. The molecule has 1 aliphatic carbocycles. The summed E-state index contributed by atoms with van der Waals surface area (Å²) in [5.41, 5.74) is 0.704. The number of nitrogens with one attached hydrogen (secondary N) is 1. The molecule has 4 aromatic carbocycles. The topological polar surface area (TPSA) is 146 Å². The fourth-order valence-corrected chi connectivity index (χ4v) is 9.37. The van der Waals surface area contributed by atoms with Crippen molar-refractivity contribution in [3.63, 3.8) is 0 Å². The van der Waals surface area contributed by atoms with Crippen LogP contribution < -0.4 is 10.1 Å². The van der Waals surface area contributed by atoms with Gasteiger partial charge in [0, 0.05) is 5.69 Å². The Bertz CT molecular complexity index is 1960. The van der Waals surface area contributed by atoms with Gasteiger partial charge in [-0.15, -0.1) is 0 Å². The van der Waals surface area contributed by atoms with Crippen molar-refractivity contribution in [1.29, 1.82) is 0 Å². The maximum atomic E-state index is 15.0. The van der Waals surface area contributed by atoms with E-state index in [0.29, 0.717) is 41.0 Å². The number of carboxylic acids is 1. The Hall–Kier alpha value is -5.03. The van der Waals surface area contributed by atoms with Crippen LogP contribution in [0.2, 0.25) is 0 Å². The number of aliphatic carboxylic acids is 1. The van der Waals surface area contributed by atoms with E-state index in [0.717, 1.165) is 36.8 Å². The molecule has 4 aromatic rings. The lowest BCUT2D eigenvalue weighted by molar-refractivity contribution is -0.179. The van der Waals surface area contributed by atoms with Gasteiger partial charge in [-0.1, -0.05) is 105 Å². The summed E-state index contributed by atoms with van der Waals surface area (Å²) in [6.07, 6.45) is 4.01. The molecule has 6 atom stereocenters. The molecule has 0 unspecified atom stereocenters. The first-order valence-electron chi connectivity index (χ1n) is 18.1. The average Bonchev–Trinajstić information content (AvgIpc) is 3.53. The van der Waals surface area contributed by atoms with E-state index >= 15 is 0 Å². The molecule has 1 spiro atoms. The number of aliphatic hydroxyl groups is 2. The lowest BCUT2D eigenvalue weighted by atomic mass is 9.65.